The third-order valence-corrected chi connectivity index (χ3v) is 4.73. The minimum absolute atomic E-state index is 0.285. The lowest BCUT2D eigenvalue weighted by molar-refractivity contribution is -0.132. The highest BCUT2D eigenvalue weighted by Crippen LogP contribution is 2.31. The summed E-state index contributed by atoms with van der Waals surface area (Å²) in [4.78, 5) is 20.8. The van der Waals surface area contributed by atoms with Crippen LogP contribution in [0.2, 0.25) is 0 Å². The van der Waals surface area contributed by atoms with Crippen LogP contribution in [0.25, 0.3) is 11.4 Å². The second kappa shape index (κ2) is 6.26. The first-order valence-corrected chi connectivity index (χ1v) is 8.65. The Morgan fingerprint density at radius 2 is 1.92 bits per heavy atom. The van der Waals surface area contributed by atoms with Crippen LogP contribution < -0.4 is 4.90 Å². The normalized spacial score (nSPS) is 18.5. The molecule has 0 N–H and O–H groups in total. The van der Waals surface area contributed by atoms with Crippen LogP contribution in [0, 0.1) is 12.8 Å². The number of rotatable bonds is 3. The van der Waals surface area contributed by atoms with Gasteiger partial charge in [-0.15, -0.1) is 0 Å². The summed E-state index contributed by atoms with van der Waals surface area (Å²) in [6.45, 7) is 5.19. The van der Waals surface area contributed by atoms with E-state index >= 15 is 0 Å². The number of amides is 1. The summed E-state index contributed by atoms with van der Waals surface area (Å²) in [5.74, 6) is 1.22. The molecule has 126 valence electrons. The fourth-order valence-electron chi connectivity index (χ4n) is 3.08. The van der Waals surface area contributed by atoms with Crippen molar-refractivity contribution in [1.29, 1.82) is 0 Å². The Morgan fingerprint density at radius 1 is 1.12 bits per heavy atom. The van der Waals surface area contributed by atoms with Crippen LogP contribution in [0.1, 0.15) is 24.8 Å². The highest BCUT2D eigenvalue weighted by molar-refractivity contribution is 5.81. The first kappa shape index (κ1) is 15.2. The maximum Gasteiger partial charge on any atom is 0.324 e. The SMILES string of the molecule is Cc1ccc(-c2noc(N3CCCN(C(=O)C4CC4)CC3)n2)cc1. The van der Waals surface area contributed by atoms with Gasteiger partial charge < -0.3 is 14.3 Å². The molecule has 1 aliphatic carbocycles. The molecule has 0 atom stereocenters. The van der Waals surface area contributed by atoms with E-state index < -0.39 is 0 Å². The van der Waals surface area contributed by atoms with Crippen molar-refractivity contribution in [2.45, 2.75) is 26.2 Å². The summed E-state index contributed by atoms with van der Waals surface area (Å²) in [5.41, 5.74) is 2.16. The lowest BCUT2D eigenvalue weighted by Crippen LogP contribution is -2.36. The molecule has 2 fully saturated rings. The maximum atomic E-state index is 12.2. The number of aromatic nitrogens is 2. The van der Waals surface area contributed by atoms with Crippen LogP contribution in [0.3, 0.4) is 0 Å². The lowest BCUT2D eigenvalue weighted by Gasteiger charge is -2.20. The molecule has 1 aliphatic heterocycles. The standard InChI is InChI=1S/C18H22N4O2/c1-13-3-5-14(6-4-13)16-19-18(24-20-16)22-10-2-9-21(11-12-22)17(23)15-7-8-15/h3-6,15H,2,7-12H2,1H3. The zero-order chi connectivity index (χ0) is 16.5. The van der Waals surface area contributed by atoms with Gasteiger partial charge in [-0.05, 0) is 26.2 Å². The molecule has 1 saturated carbocycles. The van der Waals surface area contributed by atoms with Crippen molar-refractivity contribution in [1.82, 2.24) is 15.0 Å². The molecule has 6 nitrogen and oxygen atoms in total. The third kappa shape index (κ3) is 3.13. The van der Waals surface area contributed by atoms with Crippen molar-refractivity contribution < 1.29 is 9.32 Å². The van der Waals surface area contributed by atoms with Crippen molar-refractivity contribution in [3.8, 4) is 11.4 Å². The fourth-order valence-corrected chi connectivity index (χ4v) is 3.08. The number of benzene rings is 1. The molecule has 2 heterocycles. The second-order valence-electron chi connectivity index (χ2n) is 6.71. The molecule has 1 aromatic heterocycles. The second-order valence-corrected chi connectivity index (χ2v) is 6.71. The Bertz CT molecular complexity index is 721. The Hall–Kier alpha value is -2.37. The molecule has 1 aromatic carbocycles. The Labute approximate surface area is 141 Å². The molecule has 4 rings (SSSR count). The predicted molar refractivity (Wildman–Crippen MR) is 90.6 cm³/mol. The number of hydrogen-bond donors (Lipinski definition) is 0. The molecule has 24 heavy (non-hydrogen) atoms. The molecule has 2 aliphatic rings. The Kier molecular flexibility index (Phi) is 3.96. The first-order chi connectivity index (χ1) is 11.7. The molecule has 0 spiro atoms. The van der Waals surface area contributed by atoms with Crippen molar-refractivity contribution >= 4 is 11.9 Å². The number of hydrogen-bond acceptors (Lipinski definition) is 5. The van der Waals surface area contributed by atoms with E-state index in [1.807, 2.05) is 29.2 Å². The van der Waals surface area contributed by atoms with E-state index in [2.05, 4.69) is 22.0 Å². The van der Waals surface area contributed by atoms with E-state index in [0.717, 1.165) is 51.0 Å². The molecule has 2 aromatic rings. The largest absolute Gasteiger partial charge is 0.341 e. The summed E-state index contributed by atoms with van der Waals surface area (Å²) in [6, 6.07) is 8.63. The zero-order valence-electron chi connectivity index (χ0n) is 13.9. The molecule has 6 heteroatoms. The van der Waals surface area contributed by atoms with E-state index in [0.29, 0.717) is 17.7 Å². The molecular formula is C18H22N4O2. The number of carbonyl (C=O) groups is 1. The summed E-state index contributed by atoms with van der Waals surface area (Å²) >= 11 is 0. The van der Waals surface area contributed by atoms with Crippen LogP contribution in [0.5, 0.6) is 0 Å². The first-order valence-electron chi connectivity index (χ1n) is 8.65. The number of aryl methyl sites for hydroxylation is 1. The molecule has 0 bridgehead atoms. The Morgan fingerprint density at radius 3 is 2.67 bits per heavy atom. The summed E-state index contributed by atoms with van der Waals surface area (Å²) < 4.78 is 5.46. The van der Waals surface area contributed by atoms with E-state index in [9.17, 15) is 4.79 Å². The Balaban J connectivity index is 1.44. The van der Waals surface area contributed by atoms with Gasteiger partial charge in [-0.1, -0.05) is 35.0 Å². The van der Waals surface area contributed by atoms with Gasteiger partial charge in [0.2, 0.25) is 11.7 Å². The number of anilines is 1. The monoisotopic (exact) mass is 326 g/mol. The van der Waals surface area contributed by atoms with Crippen LogP contribution in [0.15, 0.2) is 28.8 Å². The van der Waals surface area contributed by atoms with E-state index in [1.165, 1.54) is 5.56 Å². The average molecular weight is 326 g/mol. The van der Waals surface area contributed by atoms with Gasteiger partial charge in [-0.2, -0.15) is 4.98 Å². The van der Waals surface area contributed by atoms with E-state index in [1.54, 1.807) is 0 Å². The van der Waals surface area contributed by atoms with Crippen molar-refractivity contribution in [2.75, 3.05) is 31.1 Å². The summed E-state index contributed by atoms with van der Waals surface area (Å²) in [6.07, 6.45) is 3.05. The lowest BCUT2D eigenvalue weighted by atomic mass is 10.1. The van der Waals surface area contributed by atoms with Gasteiger partial charge in [0, 0.05) is 37.7 Å². The van der Waals surface area contributed by atoms with Gasteiger partial charge in [0.15, 0.2) is 0 Å². The van der Waals surface area contributed by atoms with Crippen molar-refractivity contribution in [3.05, 3.63) is 29.8 Å². The van der Waals surface area contributed by atoms with Crippen molar-refractivity contribution in [2.24, 2.45) is 5.92 Å². The molecule has 1 amide bonds. The molecular weight excluding hydrogens is 304 g/mol. The van der Waals surface area contributed by atoms with Gasteiger partial charge in [0.05, 0.1) is 0 Å². The van der Waals surface area contributed by atoms with Crippen LogP contribution in [-0.4, -0.2) is 47.1 Å². The predicted octanol–water partition coefficient (Wildman–Crippen LogP) is 2.49. The molecule has 0 unspecified atom stereocenters. The minimum atomic E-state index is 0.285. The quantitative estimate of drug-likeness (QED) is 0.867. The minimum Gasteiger partial charge on any atom is -0.341 e. The van der Waals surface area contributed by atoms with E-state index in [-0.39, 0.29) is 5.92 Å². The van der Waals surface area contributed by atoms with Crippen molar-refractivity contribution in [3.63, 3.8) is 0 Å². The average Bonchev–Trinajstić information content (AvgIpc) is 3.38. The van der Waals surface area contributed by atoms with E-state index in [4.69, 9.17) is 4.52 Å². The highest BCUT2D eigenvalue weighted by Gasteiger charge is 2.34. The smallest absolute Gasteiger partial charge is 0.324 e. The fraction of sp³-hybridized carbons (Fsp3) is 0.500. The van der Waals surface area contributed by atoms with Crippen LogP contribution in [0.4, 0.5) is 6.01 Å². The highest BCUT2D eigenvalue weighted by atomic mass is 16.5. The van der Waals surface area contributed by atoms with Gasteiger partial charge >= 0.3 is 6.01 Å². The van der Waals surface area contributed by atoms with Gasteiger partial charge in [-0.25, -0.2) is 0 Å². The topological polar surface area (TPSA) is 62.5 Å². The van der Waals surface area contributed by atoms with Crippen LogP contribution >= 0.6 is 0 Å². The zero-order valence-corrected chi connectivity index (χ0v) is 13.9. The number of nitrogens with zero attached hydrogens (tertiary/aromatic N) is 4. The van der Waals surface area contributed by atoms with Crippen LogP contribution in [-0.2, 0) is 4.79 Å². The van der Waals surface area contributed by atoms with Gasteiger partial charge in [-0.3, -0.25) is 4.79 Å². The number of carbonyl (C=O) groups excluding carboxylic acids is 1. The maximum absolute atomic E-state index is 12.2. The summed E-state index contributed by atoms with van der Waals surface area (Å²) in [5, 5.41) is 4.11. The molecule has 0 radical (unpaired) electrons. The van der Waals surface area contributed by atoms with Gasteiger partial charge in [0.1, 0.15) is 0 Å². The van der Waals surface area contributed by atoms with Gasteiger partial charge in [0.25, 0.3) is 0 Å². The molecule has 1 saturated heterocycles. The third-order valence-electron chi connectivity index (χ3n) is 4.73. The summed E-state index contributed by atoms with van der Waals surface area (Å²) in [7, 11) is 0.